The molecule has 0 aromatic carbocycles. The fraction of sp³-hybridized carbons (Fsp3) is 0.901. The van der Waals surface area contributed by atoms with Gasteiger partial charge in [0.05, 0.1) is 30.1 Å². The van der Waals surface area contributed by atoms with E-state index >= 15 is 0 Å². The highest BCUT2D eigenvalue weighted by atomic mass is 28.5. The van der Waals surface area contributed by atoms with Crippen LogP contribution < -0.4 is 5.73 Å². The summed E-state index contributed by atoms with van der Waals surface area (Å²) in [6.07, 6.45) is 26.3. The topological polar surface area (TPSA) is 218 Å². The number of hydrogen-bond acceptors (Lipinski definition) is 14. The monoisotopic (exact) mass is 1570 g/mol. The minimum atomic E-state index is -2.30. The average molecular weight is 1570 g/mol. The fourth-order valence-corrected chi connectivity index (χ4v) is 45.9. The molecule has 4 aliphatic rings. The molecule has 6 amide bonds. The summed E-state index contributed by atoms with van der Waals surface area (Å²) >= 11 is 0. The van der Waals surface area contributed by atoms with Gasteiger partial charge in [-0.2, -0.15) is 0 Å². The number of nitrogens with zero attached hydrogens (tertiary/aromatic N) is 3. The third kappa shape index (κ3) is 32.5. The normalized spacial score (nSPS) is 20.8. The smallest absolute Gasteiger partial charge is 0.317 e. The molecule has 4 aliphatic heterocycles. The molecular weight excluding hydrogens is 1410 g/mol. The van der Waals surface area contributed by atoms with E-state index in [0.717, 1.165) is 146 Å². The van der Waals surface area contributed by atoms with Crippen molar-refractivity contribution in [2.75, 3.05) is 26.2 Å². The van der Waals surface area contributed by atoms with E-state index in [1.54, 1.807) is 9.80 Å². The second-order valence-electron chi connectivity index (χ2n) is 37.5. The quantitative estimate of drug-likeness (QED) is 0.0259. The highest BCUT2D eigenvalue weighted by Gasteiger charge is 2.53. The Morgan fingerprint density at radius 3 is 1.09 bits per heavy atom. The van der Waals surface area contributed by atoms with Crippen molar-refractivity contribution in [2.45, 2.75) is 386 Å². The summed E-state index contributed by atoms with van der Waals surface area (Å²) in [5, 5.41) is 0. The Hall–Kier alpha value is -2.34. The van der Waals surface area contributed by atoms with Crippen molar-refractivity contribution >= 4 is 97.8 Å². The largest absolute Gasteiger partial charge is 0.437 e. The van der Waals surface area contributed by atoms with E-state index in [0.29, 0.717) is 32.0 Å². The molecule has 0 spiro atoms. The maximum Gasteiger partial charge on any atom is 0.317 e. The summed E-state index contributed by atoms with van der Waals surface area (Å²) in [7, 11) is -12.3. The molecule has 0 radical (unpaired) electrons. The lowest BCUT2D eigenvalue weighted by molar-refractivity contribution is -0.154. The van der Waals surface area contributed by atoms with Crippen LogP contribution in [0.3, 0.4) is 0 Å². The molecule has 0 aromatic rings. The molecule has 606 valence electrons. The molecule has 4 saturated heterocycles. The zero-order valence-electron chi connectivity index (χ0n) is 71.9. The number of imide groups is 3. The Bertz CT molecular complexity index is 2690. The number of hydrogen-bond donors (Lipinski definition) is 1. The van der Waals surface area contributed by atoms with Gasteiger partial charge in [-0.05, 0) is 207 Å². The SMILES string of the molecule is CCCCC(CC)CN.CCCCC(CC)CN1C(=O)CC(C(C)(C)CCCC(C)(CCCC)C2CC(=O)N(CCC[Si](C)(C)O[Si](C)(C)O[Si](C)(C)CCCC)C2=O)C1=O.CCCC[Si](C)(C)O[Si](C)(C)O[Si](C)(C)CCCN1C(=O)CC(C(C)(CCC)CCCC(C)(C)C2CC(=O)OC2=O)C1=O. The molecule has 0 aromatic heterocycles. The Balaban J connectivity index is 0.000000639. The van der Waals surface area contributed by atoms with Crippen molar-refractivity contribution in [3.63, 3.8) is 0 Å². The standard InChI is InChI=1S/C41H80N2O6Si3.C32H61NO7Si3.C8H19N/c1-14-18-23-33(17-4)32-43-37(45)30-34(38(43)46)40(5,6)24-21-26-41(7,25-19-15-2)35-31-36(44)42(39(35)47)27-22-29-51(10,11)49-52(12,13)48-50(8,9)28-20-16-3;1-12-14-21-41(6,7)39-43(10,11)40-42(8,9)22-16-20-33-27(34)23-25(29(33)36)32(5,17-13-2)19-15-18-31(3,4)26-24-28(35)38-30(26)37;1-3-5-6-8(4-2)7-9/h33-35H,14-32H2,1-13H3;25-26H,12-24H2,1-11H3;8H,3-7,9H2,1-2H3. The summed E-state index contributed by atoms with van der Waals surface area (Å²) in [4.78, 5) is 109. The van der Waals surface area contributed by atoms with Crippen molar-refractivity contribution in [1.29, 1.82) is 0 Å². The van der Waals surface area contributed by atoms with E-state index < -0.39 is 68.2 Å². The highest BCUT2D eigenvalue weighted by Crippen LogP contribution is 2.49. The molecule has 8 unspecified atom stereocenters. The van der Waals surface area contributed by atoms with Crippen LogP contribution in [0.5, 0.6) is 0 Å². The lowest BCUT2D eigenvalue weighted by Gasteiger charge is -2.39. The van der Waals surface area contributed by atoms with Gasteiger partial charge in [0.15, 0.2) is 33.3 Å². The van der Waals surface area contributed by atoms with Crippen LogP contribution in [-0.2, 0) is 59.6 Å². The van der Waals surface area contributed by atoms with Crippen molar-refractivity contribution in [2.24, 2.45) is 62.9 Å². The molecule has 23 heteroatoms. The number of unbranched alkanes of at least 4 members (excludes halogenated alkanes) is 5. The van der Waals surface area contributed by atoms with Crippen LogP contribution in [0.25, 0.3) is 0 Å². The van der Waals surface area contributed by atoms with Gasteiger partial charge in [-0.15, -0.1) is 0 Å². The van der Waals surface area contributed by atoms with E-state index in [-0.39, 0.29) is 94.1 Å². The van der Waals surface area contributed by atoms with Gasteiger partial charge >= 0.3 is 29.1 Å². The van der Waals surface area contributed by atoms with E-state index in [4.69, 9.17) is 26.9 Å². The number of likely N-dealkylation sites (tertiary alicyclic amines) is 3. The van der Waals surface area contributed by atoms with Crippen LogP contribution in [0.2, 0.25) is 103 Å². The molecule has 4 fully saturated rings. The molecule has 0 bridgehead atoms. The number of cyclic esters (lactones) is 2. The molecule has 0 saturated carbocycles. The second kappa shape index (κ2) is 44.0. The number of carbonyl (C=O) groups excluding carboxylic acids is 8. The summed E-state index contributed by atoms with van der Waals surface area (Å²) in [6, 6.07) is 4.06. The molecule has 17 nitrogen and oxygen atoms in total. The highest BCUT2D eigenvalue weighted by molar-refractivity contribution is 6.88. The van der Waals surface area contributed by atoms with E-state index in [1.165, 1.54) is 56.3 Å². The van der Waals surface area contributed by atoms with Crippen LogP contribution in [-0.4, -0.2) is 139 Å². The predicted octanol–water partition coefficient (Wildman–Crippen LogP) is 20.6. The zero-order valence-corrected chi connectivity index (χ0v) is 77.9. The van der Waals surface area contributed by atoms with Crippen molar-refractivity contribution in [3.8, 4) is 0 Å². The number of ether oxygens (including phenoxy) is 1. The molecule has 104 heavy (non-hydrogen) atoms. The number of esters is 2. The molecule has 2 N–H and O–H groups in total. The van der Waals surface area contributed by atoms with Crippen LogP contribution in [0, 0.1) is 57.2 Å². The molecule has 4 rings (SSSR count). The predicted molar refractivity (Wildman–Crippen MR) is 443 cm³/mol. The third-order valence-electron chi connectivity index (χ3n) is 23.8. The van der Waals surface area contributed by atoms with Crippen LogP contribution in [0.1, 0.15) is 283 Å². The van der Waals surface area contributed by atoms with Gasteiger partial charge < -0.3 is 26.9 Å². The third-order valence-corrected chi connectivity index (χ3v) is 46.7. The van der Waals surface area contributed by atoms with Crippen LogP contribution in [0.15, 0.2) is 0 Å². The Morgan fingerprint density at radius 2 is 0.731 bits per heavy atom. The Morgan fingerprint density at radius 1 is 0.394 bits per heavy atom. The lowest BCUT2D eigenvalue weighted by atomic mass is 9.67. The summed E-state index contributed by atoms with van der Waals surface area (Å²) < 4.78 is 31.7. The number of carbonyl (C=O) groups is 8. The minimum Gasteiger partial charge on any atom is -0.437 e. The fourth-order valence-electron chi connectivity index (χ4n) is 17.4. The molecule has 0 aliphatic carbocycles. The van der Waals surface area contributed by atoms with Gasteiger partial charge in [0.1, 0.15) is 0 Å². The Kier molecular flexibility index (Phi) is 41.4. The van der Waals surface area contributed by atoms with Gasteiger partial charge in [0.25, 0.3) is 0 Å². The van der Waals surface area contributed by atoms with Crippen molar-refractivity contribution in [3.05, 3.63) is 0 Å². The number of amides is 6. The Labute approximate surface area is 643 Å². The van der Waals surface area contributed by atoms with Crippen LogP contribution >= 0.6 is 0 Å². The van der Waals surface area contributed by atoms with Gasteiger partial charge in [-0.25, -0.2) is 0 Å². The van der Waals surface area contributed by atoms with E-state index in [9.17, 15) is 38.4 Å². The second-order valence-corrected chi connectivity index (χ2v) is 62.4. The number of rotatable bonds is 50. The zero-order chi connectivity index (χ0) is 79.5. The minimum absolute atomic E-state index is 0.00126. The maximum atomic E-state index is 14.0. The van der Waals surface area contributed by atoms with Crippen molar-refractivity contribution in [1.82, 2.24) is 14.7 Å². The maximum absolute atomic E-state index is 14.0. The van der Waals surface area contributed by atoms with Gasteiger partial charge in [0, 0.05) is 38.9 Å². The van der Waals surface area contributed by atoms with Crippen LogP contribution in [0.4, 0.5) is 0 Å². The first-order valence-electron chi connectivity index (χ1n) is 41.9. The van der Waals surface area contributed by atoms with Gasteiger partial charge in [-0.3, -0.25) is 53.1 Å². The first-order valence-corrected chi connectivity index (χ1v) is 60.0. The average Bonchev–Trinajstić information content (AvgIpc) is 1.64. The van der Waals surface area contributed by atoms with Gasteiger partial charge in [-0.1, -0.05) is 193 Å². The summed E-state index contributed by atoms with van der Waals surface area (Å²) in [5.74, 6) is -1.26. The molecule has 4 heterocycles. The lowest BCUT2D eigenvalue weighted by Crippen LogP contribution is -2.52. The molecule has 8 atom stereocenters. The van der Waals surface area contributed by atoms with Crippen molar-refractivity contribution < 1.29 is 59.6 Å². The summed E-state index contributed by atoms with van der Waals surface area (Å²) in [5.41, 5.74) is 4.25. The first-order chi connectivity index (χ1) is 48.1. The van der Waals surface area contributed by atoms with Gasteiger partial charge in [0.2, 0.25) is 35.4 Å². The molecular formula is C81H160N4O13Si6. The summed E-state index contributed by atoms with van der Waals surface area (Å²) in [6.45, 7) is 59.3. The number of nitrogens with two attached hydrogens (primary N) is 1. The van der Waals surface area contributed by atoms with E-state index in [2.05, 4.69) is 162 Å². The first kappa shape index (κ1) is 97.7. The van der Waals surface area contributed by atoms with E-state index in [1.807, 2.05) is 13.8 Å².